The van der Waals surface area contributed by atoms with E-state index < -0.39 is 0 Å². The van der Waals surface area contributed by atoms with Gasteiger partial charge >= 0.3 is 0 Å². The molecule has 0 spiro atoms. The van der Waals surface area contributed by atoms with E-state index in [1.807, 2.05) is 6.92 Å². The molecular weight excluding hydrogens is 222 g/mol. The van der Waals surface area contributed by atoms with Crippen LogP contribution in [0.15, 0.2) is 24.3 Å². The van der Waals surface area contributed by atoms with Gasteiger partial charge in [-0.1, -0.05) is 24.3 Å². The van der Waals surface area contributed by atoms with E-state index in [2.05, 4.69) is 36.2 Å². The Hall–Kier alpha value is -0.860. The van der Waals surface area contributed by atoms with Crippen LogP contribution in [0.4, 0.5) is 0 Å². The molecule has 100 valence electrons. The van der Waals surface area contributed by atoms with E-state index in [1.54, 1.807) is 0 Å². The quantitative estimate of drug-likeness (QED) is 0.888. The molecule has 0 amide bonds. The number of aliphatic hydroxyl groups is 1. The Morgan fingerprint density at radius 3 is 2.61 bits per heavy atom. The van der Waals surface area contributed by atoms with Crippen LogP contribution in [0.25, 0.3) is 0 Å². The summed E-state index contributed by atoms with van der Waals surface area (Å²) in [7, 11) is 2.22. The number of nitrogens with zero attached hydrogens (tertiary/aromatic N) is 1. The molecule has 0 bridgehead atoms. The third kappa shape index (κ3) is 3.82. The molecule has 2 atom stereocenters. The maximum atomic E-state index is 9.38. The van der Waals surface area contributed by atoms with E-state index in [0.717, 1.165) is 12.3 Å². The van der Waals surface area contributed by atoms with E-state index in [-0.39, 0.29) is 6.10 Å². The van der Waals surface area contributed by atoms with Crippen molar-refractivity contribution in [1.29, 1.82) is 0 Å². The second kappa shape index (κ2) is 6.35. The van der Waals surface area contributed by atoms with Gasteiger partial charge in [-0.3, -0.25) is 0 Å². The van der Waals surface area contributed by atoms with Gasteiger partial charge in [-0.2, -0.15) is 0 Å². The van der Waals surface area contributed by atoms with Crippen molar-refractivity contribution in [3.8, 4) is 0 Å². The van der Waals surface area contributed by atoms with E-state index >= 15 is 0 Å². The standard InChI is InChI=1S/C16H25NO/c1-13(18)12-14-5-7-16(8-6-14)15-4-3-10-17(2)11-9-15/h5-8,13,15,18H,3-4,9-12H2,1-2H3. The summed E-state index contributed by atoms with van der Waals surface area (Å²) in [6, 6.07) is 8.87. The predicted molar refractivity (Wildman–Crippen MR) is 75.9 cm³/mol. The van der Waals surface area contributed by atoms with E-state index in [9.17, 15) is 5.11 Å². The summed E-state index contributed by atoms with van der Waals surface area (Å²) in [5, 5.41) is 9.38. The summed E-state index contributed by atoms with van der Waals surface area (Å²) in [4.78, 5) is 2.43. The highest BCUT2D eigenvalue weighted by Crippen LogP contribution is 2.27. The van der Waals surface area contributed by atoms with Gasteiger partial charge in [0.2, 0.25) is 0 Å². The molecule has 1 saturated heterocycles. The van der Waals surface area contributed by atoms with Gasteiger partial charge in [0.05, 0.1) is 6.10 Å². The van der Waals surface area contributed by atoms with Gasteiger partial charge in [-0.15, -0.1) is 0 Å². The lowest BCUT2D eigenvalue weighted by Gasteiger charge is -2.16. The monoisotopic (exact) mass is 247 g/mol. The van der Waals surface area contributed by atoms with Gasteiger partial charge in [0.15, 0.2) is 0 Å². The van der Waals surface area contributed by atoms with Crippen molar-refractivity contribution in [1.82, 2.24) is 4.90 Å². The Balaban J connectivity index is 2.00. The molecule has 1 aliphatic rings. The summed E-state index contributed by atoms with van der Waals surface area (Å²) >= 11 is 0. The summed E-state index contributed by atoms with van der Waals surface area (Å²) in [5.74, 6) is 0.718. The van der Waals surface area contributed by atoms with Gasteiger partial charge in [0, 0.05) is 0 Å². The van der Waals surface area contributed by atoms with Crippen molar-refractivity contribution in [3.63, 3.8) is 0 Å². The number of aliphatic hydroxyl groups excluding tert-OH is 1. The van der Waals surface area contributed by atoms with Crippen molar-refractivity contribution >= 4 is 0 Å². The molecule has 0 aromatic heterocycles. The second-order valence-corrected chi connectivity index (χ2v) is 5.73. The minimum atomic E-state index is -0.248. The van der Waals surface area contributed by atoms with E-state index in [4.69, 9.17) is 0 Å². The van der Waals surface area contributed by atoms with E-state index in [0.29, 0.717) is 0 Å². The van der Waals surface area contributed by atoms with Crippen LogP contribution >= 0.6 is 0 Å². The Morgan fingerprint density at radius 2 is 1.94 bits per heavy atom. The normalized spacial score (nSPS) is 23.6. The molecule has 0 radical (unpaired) electrons. The zero-order chi connectivity index (χ0) is 13.0. The first-order chi connectivity index (χ1) is 8.65. The summed E-state index contributed by atoms with van der Waals surface area (Å²) in [6.45, 7) is 4.28. The molecule has 0 saturated carbocycles. The Labute approximate surface area is 111 Å². The number of rotatable bonds is 3. The maximum absolute atomic E-state index is 9.38. The minimum absolute atomic E-state index is 0.248. The molecule has 2 unspecified atom stereocenters. The first-order valence-corrected chi connectivity index (χ1v) is 7.10. The molecule has 2 nitrogen and oxygen atoms in total. The number of hydrogen-bond donors (Lipinski definition) is 1. The molecule has 0 aliphatic carbocycles. The topological polar surface area (TPSA) is 23.5 Å². The second-order valence-electron chi connectivity index (χ2n) is 5.73. The highest BCUT2D eigenvalue weighted by molar-refractivity contribution is 5.26. The zero-order valence-electron chi connectivity index (χ0n) is 11.6. The lowest BCUT2D eigenvalue weighted by Crippen LogP contribution is -2.18. The lowest BCUT2D eigenvalue weighted by atomic mass is 9.91. The van der Waals surface area contributed by atoms with Crippen molar-refractivity contribution in [3.05, 3.63) is 35.4 Å². The maximum Gasteiger partial charge on any atom is 0.0552 e. The van der Waals surface area contributed by atoms with Gasteiger partial charge in [-0.05, 0) is 69.8 Å². The fourth-order valence-electron chi connectivity index (χ4n) is 2.84. The predicted octanol–water partition coefficient (Wildman–Crippen LogP) is 2.81. The van der Waals surface area contributed by atoms with Crippen molar-refractivity contribution in [2.45, 2.75) is 44.6 Å². The van der Waals surface area contributed by atoms with Crippen molar-refractivity contribution in [2.75, 3.05) is 20.1 Å². The molecule has 1 aliphatic heterocycles. The number of likely N-dealkylation sites (tertiary alicyclic amines) is 1. The van der Waals surface area contributed by atoms with Gasteiger partial charge in [-0.25, -0.2) is 0 Å². The van der Waals surface area contributed by atoms with Crippen LogP contribution in [0.1, 0.15) is 43.2 Å². The Bertz CT molecular complexity index is 358. The first kappa shape index (κ1) is 13.6. The lowest BCUT2D eigenvalue weighted by molar-refractivity contribution is 0.195. The summed E-state index contributed by atoms with van der Waals surface area (Å²) in [5.41, 5.74) is 2.71. The van der Waals surface area contributed by atoms with Crippen LogP contribution in [0, 0.1) is 0 Å². The molecule has 1 aromatic carbocycles. The largest absolute Gasteiger partial charge is 0.393 e. The zero-order valence-corrected chi connectivity index (χ0v) is 11.6. The highest BCUT2D eigenvalue weighted by Gasteiger charge is 2.16. The molecule has 2 heteroatoms. The molecule has 1 aromatic rings. The van der Waals surface area contributed by atoms with E-state index in [1.165, 1.54) is 43.5 Å². The summed E-state index contributed by atoms with van der Waals surface area (Å²) < 4.78 is 0. The third-order valence-corrected chi connectivity index (χ3v) is 3.93. The fourth-order valence-corrected chi connectivity index (χ4v) is 2.84. The van der Waals surface area contributed by atoms with Crippen LogP contribution in [0.3, 0.4) is 0 Å². The number of benzene rings is 1. The number of hydrogen-bond acceptors (Lipinski definition) is 2. The van der Waals surface area contributed by atoms with Crippen molar-refractivity contribution < 1.29 is 5.11 Å². The van der Waals surface area contributed by atoms with Crippen LogP contribution in [0.5, 0.6) is 0 Å². The molecule has 1 fully saturated rings. The minimum Gasteiger partial charge on any atom is -0.393 e. The van der Waals surface area contributed by atoms with Crippen LogP contribution in [-0.4, -0.2) is 36.2 Å². The SMILES string of the molecule is CC(O)Cc1ccc(C2CCCN(C)CC2)cc1. The molecule has 2 rings (SSSR count). The average molecular weight is 247 g/mol. The van der Waals surface area contributed by atoms with Crippen LogP contribution in [-0.2, 0) is 6.42 Å². The smallest absolute Gasteiger partial charge is 0.0552 e. The fraction of sp³-hybridized carbons (Fsp3) is 0.625. The first-order valence-electron chi connectivity index (χ1n) is 7.10. The molecule has 1 N–H and O–H groups in total. The van der Waals surface area contributed by atoms with Crippen molar-refractivity contribution in [2.24, 2.45) is 0 Å². The van der Waals surface area contributed by atoms with Gasteiger partial charge in [0.25, 0.3) is 0 Å². The van der Waals surface area contributed by atoms with Crippen LogP contribution < -0.4 is 0 Å². The summed E-state index contributed by atoms with van der Waals surface area (Å²) in [6.07, 6.45) is 4.39. The molecular formula is C16H25NO. The molecule has 1 heterocycles. The van der Waals surface area contributed by atoms with Gasteiger partial charge in [0.1, 0.15) is 0 Å². The average Bonchev–Trinajstić information content (AvgIpc) is 2.54. The van der Waals surface area contributed by atoms with Crippen LogP contribution in [0.2, 0.25) is 0 Å². The Morgan fingerprint density at radius 1 is 1.22 bits per heavy atom. The Kier molecular flexibility index (Phi) is 4.79. The third-order valence-electron chi connectivity index (χ3n) is 3.93. The van der Waals surface area contributed by atoms with Gasteiger partial charge < -0.3 is 10.0 Å². The highest BCUT2D eigenvalue weighted by atomic mass is 16.3. The molecule has 18 heavy (non-hydrogen) atoms.